The largest absolute Gasteiger partial charge is 2.00 e. The Labute approximate surface area is 180 Å². The molecule has 1 radical (unpaired) electrons. The molecule has 0 aliphatic rings. The van der Waals surface area contributed by atoms with Crippen molar-refractivity contribution in [3.8, 4) is 0 Å². The molecule has 6 heavy (non-hydrogen) atoms. The molecule has 0 rings (SSSR count). The van der Waals surface area contributed by atoms with Crippen LogP contribution in [0.4, 0.5) is 3.56 Å². The monoisotopic (exact) mass is 501 g/mol. The van der Waals surface area contributed by atoms with Crippen molar-refractivity contribution in [3.63, 3.8) is 0 Å². The summed E-state index contributed by atoms with van der Waals surface area (Å²) in [5.41, 5.74) is 0. The molecule has 0 nitrogen and oxygen atoms in total. The molecule has 0 N–H and O–H groups in total. The van der Waals surface area contributed by atoms with Gasteiger partial charge in [0, 0.05) is 0 Å². The van der Waals surface area contributed by atoms with Crippen molar-refractivity contribution in [3.05, 3.63) is 0 Å². The first kappa shape index (κ1) is 29.8. The van der Waals surface area contributed by atoms with E-state index in [9.17, 15) is 3.56 Å². The molecule has 0 saturated heterocycles. The van der Waals surface area contributed by atoms with Gasteiger partial charge in [-0.05, 0) is 0 Å². The summed E-state index contributed by atoms with van der Waals surface area (Å²) in [7, 11) is 0. The van der Waals surface area contributed by atoms with Gasteiger partial charge in [-0.1, -0.05) is 0 Å². The maximum Gasteiger partial charge on any atom is 2.00 e. The fraction of sp³-hybridized carbons (Fsp3) is 0. The summed E-state index contributed by atoms with van der Waals surface area (Å²) in [6.45, 7) is 0. The molecule has 0 saturated carbocycles. The van der Waals surface area contributed by atoms with Gasteiger partial charge < -0.3 is 0 Å². The van der Waals surface area contributed by atoms with Gasteiger partial charge in [-0.2, -0.15) is 3.56 Å². The summed E-state index contributed by atoms with van der Waals surface area (Å²) in [5.74, 6) is 0. The Morgan fingerprint density at radius 2 is 1.17 bits per heavy atom. The SMILES string of the molecule is FBr.[Ba+2].[Eu+2].[Mg+2].[Sr+2]. The normalized spacial score (nSPS) is 1.00. The maximum atomic E-state index is 9.31. The van der Waals surface area contributed by atoms with Gasteiger partial charge in [-0.15, -0.1) is 0 Å². The van der Waals surface area contributed by atoms with Crippen LogP contribution in [0.25, 0.3) is 0 Å². The summed E-state index contributed by atoms with van der Waals surface area (Å²) in [6.07, 6.45) is 0. The Bertz CT molecular complexity index is 15.5. The fourth-order valence-electron chi connectivity index (χ4n) is 0. The zero-order valence-electron chi connectivity index (χ0n) is 3.26. The zero-order chi connectivity index (χ0) is 2.00. The minimum Gasteiger partial charge on any atom is -0.158 e. The molecule has 0 heterocycles. The van der Waals surface area contributed by atoms with E-state index in [1.165, 1.54) is 16.4 Å². The first-order valence-corrected chi connectivity index (χ1v) is 0.742. The summed E-state index contributed by atoms with van der Waals surface area (Å²) in [4.78, 5) is 0. The van der Waals surface area contributed by atoms with Crippen LogP contribution in [0.2, 0.25) is 0 Å². The Morgan fingerprint density at radius 1 is 1.17 bits per heavy atom. The molecule has 0 spiro atoms. The molecule has 0 aromatic rings. The molecule has 19 valence electrons. The second-order valence-electron chi connectivity index (χ2n) is 0. The Morgan fingerprint density at radius 3 is 1.17 bits per heavy atom. The van der Waals surface area contributed by atoms with Crippen LogP contribution in [0.3, 0.4) is 0 Å². The van der Waals surface area contributed by atoms with Gasteiger partial charge in [-0.3, -0.25) is 0 Å². The van der Waals surface area contributed by atoms with Crippen LogP contribution < -0.4 is 0 Å². The number of hydrogen-bond acceptors (Lipinski definition) is 0. The molecule has 0 fully saturated rings. The van der Waals surface area contributed by atoms with Gasteiger partial charge in [0.15, 0.2) is 16.4 Å². The molecule has 6 heteroatoms. The second-order valence-corrected chi connectivity index (χ2v) is 0. The number of rotatable bonds is 0. The van der Waals surface area contributed by atoms with Gasteiger partial charge in [0.2, 0.25) is 0 Å². The predicted octanol–water partition coefficient (Wildman–Crippen LogP) is 0.123. The van der Waals surface area contributed by atoms with E-state index >= 15 is 0 Å². The zero-order valence-corrected chi connectivity index (χ0v) is 16.6. The van der Waals surface area contributed by atoms with Gasteiger partial charge in [0.1, 0.15) is 0 Å². The van der Waals surface area contributed by atoms with E-state index in [2.05, 4.69) is 0 Å². The summed E-state index contributed by atoms with van der Waals surface area (Å²) in [5, 5.41) is 0. The van der Waals surface area contributed by atoms with E-state index in [0.717, 1.165) is 0 Å². The topological polar surface area (TPSA) is 0 Å². The third kappa shape index (κ3) is 22.6. The van der Waals surface area contributed by atoms with E-state index in [1.807, 2.05) is 0 Å². The molecular formula is BaBrEuFMgSr+8. The summed E-state index contributed by atoms with van der Waals surface area (Å²) < 4.78 is 9.31. The van der Waals surface area contributed by atoms with Crippen molar-refractivity contribution in [2.45, 2.75) is 0 Å². The van der Waals surface area contributed by atoms with Crippen molar-refractivity contribution >= 4 is 134 Å². The molecule has 0 bridgehead atoms. The van der Waals surface area contributed by atoms with E-state index in [1.54, 1.807) is 0 Å². The van der Waals surface area contributed by atoms with Crippen LogP contribution in [0, 0.1) is 49.4 Å². The smallest absolute Gasteiger partial charge is 0.158 e. The van der Waals surface area contributed by atoms with E-state index < -0.39 is 0 Å². The van der Waals surface area contributed by atoms with Gasteiger partial charge >= 0.3 is 167 Å². The van der Waals surface area contributed by atoms with E-state index in [0.29, 0.717) is 0 Å². The first-order chi connectivity index (χ1) is 1.00. The molecule has 0 aliphatic heterocycles. The van der Waals surface area contributed by atoms with E-state index in [-0.39, 0.29) is 167 Å². The average Bonchev–Trinajstić information content (AvgIpc) is 1.00. The van der Waals surface area contributed by atoms with Gasteiger partial charge in [0.25, 0.3) is 0 Å². The van der Waals surface area contributed by atoms with Crippen molar-refractivity contribution < 1.29 is 52.9 Å². The van der Waals surface area contributed by atoms with E-state index in [4.69, 9.17) is 0 Å². The Kier molecular flexibility index (Phi) is 153. The average molecular weight is 500 g/mol. The predicted molar refractivity (Wildman–Crippen MR) is 27.3 cm³/mol. The quantitative estimate of drug-likeness (QED) is 0.415. The summed E-state index contributed by atoms with van der Waals surface area (Å²) >= 11 is 1.44. The van der Waals surface area contributed by atoms with Crippen LogP contribution in [-0.4, -0.2) is 117 Å². The Hall–Kier alpha value is 5.81. The summed E-state index contributed by atoms with van der Waals surface area (Å²) in [6, 6.07) is 0. The van der Waals surface area contributed by atoms with Crippen molar-refractivity contribution in [2.75, 3.05) is 0 Å². The maximum absolute atomic E-state index is 9.31. The molecule has 0 aromatic carbocycles. The number of hydrogen-bond donors (Lipinski definition) is 0. The van der Waals surface area contributed by atoms with Crippen LogP contribution in [0.1, 0.15) is 0 Å². The second kappa shape index (κ2) is 30.8. The van der Waals surface area contributed by atoms with Gasteiger partial charge in [0.05, 0.1) is 0 Å². The number of halogens is 2. The van der Waals surface area contributed by atoms with Crippen LogP contribution in [-0.2, 0) is 0 Å². The third-order valence-corrected chi connectivity index (χ3v) is 0. The minimum atomic E-state index is 0. The molecular weight excluding hydrogens is 500 g/mol. The fourth-order valence-corrected chi connectivity index (χ4v) is 0. The third-order valence-electron chi connectivity index (χ3n) is 0. The van der Waals surface area contributed by atoms with Crippen LogP contribution in [0.5, 0.6) is 0 Å². The van der Waals surface area contributed by atoms with Crippen molar-refractivity contribution in [2.24, 2.45) is 0 Å². The first-order valence-electron chi connectivity index (χ1n) is 0.143. The molecule has 0 aliphatic carbocycles. The standard InChI is InChI=1S/Ba.BrF.Eu.Mg.Sr/c;1-2;;;/q+2;;3*+2. The van der Waals surface area contributed by atoms with Crippen molar-refractivity contribution in [1.29, 1.82) is 0 Å². The van der Waals surface area contributed by atoms with Crippen molar-refractivity contribution in [1.82, 2.24) is 0 Å². The minimum absolute atomic E-state index is 0. The molecule has 0 aromatic heterocycles. The van der Waals surface area contributed by atoms with Gasteiger partial charge in [-0.25, -0.2) is 0 Å². The van der Waals surface area contributed by atoms with Crippen LogP contribution in [0.15, 0.2) is 0 Å². The molecule has 0 unspecified atom stereocenters. The molecule has 0 atom stereocenters. The van der Waals surface area contributed by atoms with Crippen LogP contribution >= 0.6 is 16.4 Å². The molecule has 0 amide bonds. The Balaban J connectivity index is -0.000000000833.